The number of ether oxygens (including phenoxy) is 1. The average molecular weight is 627 g/mol. The molecule has 2 aromatic carbocycles. The van der Waals surface area contributed by atoms with Gasteiger partial charge in [-0.3, -0.25) is 24.0 Å². The highest BCUT2D eigenvalue weighted by molar-refractivity contribution is 5.95. The molecule has 0 unspecified atom stereocenters. The van der Waals surface area contributed by atoms with Crippen LogP contribution in [0.2, 0.25) is 0 Å². The Morgan fingerprint density at radius 3 is 2.39 bits per heavy atom. The summed E-state index contributed by atoms with van der Waals surface area (Å²) in [6.45, 7) is 3.40. The number of carbonyl (C=O) groups is 4. The molecule has 2 atom stereocenters. The fourth-order valence-electron chi connectivity index (χ4n) is 6.80. The van der Waals surface area contributed by atoms with Crippen LogP contribution in [0, 0.1) is 0 Å². The van der Waals surface area contributed by atoms with Crippen molar-refractivity contribution in [2.24, 2.45) is 7.05 Å². The molecular formula is C36H42N4O6. The molecule has 3 amide bonds. The Hall–Kier alpha value is -4.73. The highest BCUT2D eigenvalue weighted by Gasteiger charge is 2.48. The number of pyridine rings is 1. The van der Waals surface area contributed by atoms with E-state index in [-0.39, 0.29) is 41.4 Å². The van der Waals surface area contributed by atoms with E-state index in [4.69, 9.17) is 4.74 Å². The molecule has 10 heteroatoms. The van der Waals surface area contributed by atoms with Gasteiger partial charge in [-0.25, -0.2) is 0 Å². The summed E-state index contributed by atoms with van der Waals surface area (Å²) < 4.78 is 6.39. The summed E-state index contributed by atoms with van der Waals surface area (Å²) in [5.74, 6) is -1.21. The number of hydrogen-bond acceptors (Lipinski definition) is 6. The van der Waals surface area contributed by atoms with Crippen LogP contribution in [0.4, 0.5) is 0 Å². The molecule has 1 aromatic heterocycles. The molecule has 0 radical (unpaired) electrons. The molecule has 0 saturated carbocycles. The van der Waals surface area contributed by atoms with E-state index in [2.05, 4.69) is 10.6 Å². The summed E-state index contributed by atoms with van der Waals surface area (Å²) in [5, 5.41) is 6.05. The first kappa shape index (κ1) is 32.7. The van der Waals surface area contributed by atoms with Gasteiger partial charge in [0.05, 0.1) is 17.9 Å². The molecule has 0 bridgehead atoms. The quantitative estimate of drug-likeness (QED) is 0.262. The number of esters is 1. The number of likely N-dealkylation sites (tertiary alicyclic amines) is 1. The third-order valence-corrected chi connectivity index (χ3v) is 9.21. The van der Waals surface area contributed by atoms with Crippen LogP contribution < -0.4 is 16.2 Å². The Bertz CT molecular complexity index is 1630. The minimum atomic E-state index is -0.982. The Morgan fingerprint density at radius 2 is 1.65 bits per heavy atom. The van der Waals surface area contributed by atoms with Gasteiger partial charge in [0.15, 0.2) is 0 Å². The second-order valence-electron chi connectivity index (χ2n) is 12.0. The maximum Gasteiger partial charge on any atom is 0.305 e. The lowest BCUT2D eigenvalue weighted by Crippen LogP contribution is -2.51. The fourth-order valence-corrected chi connectivity index (χ4v) is 6.80. The van der Waals surface area contributed by atoms with Crippen molar-refractivity contribution in [2.75, 3.05) is 26.2 Å². The number of benzene rings is 2. The predicted molar refractivity (Wildman–Crippen MR) is 173 cm³/mol. The van der Waals surface area contributed by atoms with Gasteiger partial charge in [-0.15, -0.1) is 0 Å². The second-order valence-corrected chi connectivity index (χ2v) is 12.0. The number of piperidine rings is 1. The van der Waals surface area contributed by atoms with Crippen molar-refractivity contribution >= 4 is 23.7 Å². The van der Waals surface area contributed by atoms with Crippen LogP contribution in [0.3, 0.4) is 0 Å². The zero-order valence-electron chi connectivity index (χ0n) is 26.5. The largest absolute Gasteiger partial charge is 0.466 e. The van der Waals surface area contributed by atoms with Gasteiger partial charge in [0.2, 0.25) is 11.8 Å². The third kappa shape index (κ3) is 6.76. The van der Waals surface area contributed by atoms with Crippen molar-refractivity contribution in [2.45, 2.75) is 62.8 Å². The molecule has 10 nitrogen and oxygen atoms in total. The van der Waals surface area contributed by atoms with Crippen molar-refractivity contribution in [1.82, 2.24) is 20.1 Å². The molecule has 3 aromatic rings. The molecule has 1 fully saturated rings. The van der Waals surface area contributed by atoms with E-state index in [0.29, 0.717) is 58.3 Å². The zero-order valence-corrected chi connectivity index (χ0v) is 26.5. The van der Waals surface area contributed by atoms with Crippen molar-refractivity contribution in [3.8, 4) is 0 Å². The molecular weight excluding hydrogens is 584 g/mol. The first-order chi connectivity index (χ1) is 22.3. The topological polar surface area (TPSA) is 127 Å². The second kappa shape index (κ2) is 14.6. The van der Waals surface area contributed by atoms with Gasteiger partial charge in [-0.05, 0) is 67.9 Å². The molecule has 0 spiro atoms. The van der Waals surface area contributed by atoms with Gasteiger partial charge in [-0.2, -0.15) is 0 Å². The number of amides is 3. The maximum absolute atomic E-state index is 14.1. The third-order valence-electron chi connectivity index (χ3n) is 9.21. The lowest BCUT2D eigenvalue weighted by molar-refractivity contribution is -0.143. The molecule has 1 aliphatic carbocycles. The molecule has 2 N–H and O–H groups in total. The Kier molecular flexibility index (Phi) is 10.3. The van der Waals surface area contributed by atoms with Crippen LogP contribution in [-0.4, -0.2) is 65.4 Å². The van der Waals surface area contributed by atoms with Crippen molar-refractivity contribution in [1.29, 1.82) is 0 Å². The summed E-state index contributed by atoms with van der Waals surface area (Å²) in [7, 11) is 1.61. The molecule has 46 heavy (non-hydrogen) atoms. The van der Waals surface area contributed by atoms with Gasteiger partial charge < -0.3 is 24.8 Å². The molecule has 5 rings (SSSR count). The average Bonchev–Trinajstić information content (AvgIpc) is 3.08. The molecule has 1 saturated heterocycles. The van der Waals surface area contributed by atoms with Crippen LogP contribution in [0.5, 0.6) is 0 Å². The van der Waals surface area contributed by atoms with E-state index in [9.17, 15) is 24.0 Å². The van der Waals surface area contributed by atoms with E-state index in [1.54, 1.807) is 26.2 Å². The predicted octanol–water partition coefficient (Wildman–Crippen LogP) is 3.43. The number of carbonyl (C=O) groups excluding carboxylic acids is 4. The number of nitrogens with zero attached hydrogens (tertiary/aromatic N) is 2. The number of hydrogen-bond donors (Lipinski definition) is 2. The van der Waals surface area contributed by atoms with E-state index < -0.39 is 17.2 Å². The lowest BCUT2D eigenvalue weighted by Gasteiger charge is -2.42. The minimum Gasteiger partial charge on any atom is -0.466 e. The van der Waals surface area contributed by atoms with Gasteiger partial charge >= 0.3 is 5.97 Å². The van der Waals surface area contributed by atoms with Crippen LogP contribution in [-0.2, 0) is 31.6 Å². The van der Waals surface area contributed by atoms with E-state index in [0.717, 1.165) is 16.7 Å². The van der Waals surface area contributed by atoms with Crippen LogP contribution in [0.15, 0.2) is 77.7 Å². The molecule has 2 aliphatic rings. The highest BCUT2D eigenvalue weighted by Crippen LogP contribution is 2.48. The van der Waals surface area contributed by atoms with Crippen molar-refractivity contribution in [3.63, 3.8) is 0 Å². The van der Waals surface area contributed by atoms with E-state index >= 15 is 0 Å². The van der Waals surface area contributed by atoms with E-state index in [1.807, 2.05) is 59.5 Å². The monoisotopic (exact) mass is 626 g/mol. The van der Waals surface area contributed by atoms with Crippen LogP contribution in [0.25, 0.3) is 0 Å². The summed E-state index contributed by atoms with van der Waals surface area (Å²) in [6, 6.07) is 20.5. The Balaban J connectivity index is 1.30. The standard InChI is InChI=1S/C36H42N4O6/c1-3-46-31(41)16-9-21-37-35(45)36(25-11-5-4-6-12-25)20-17-28(27-13-7-8-15-30(27)36)34(44)40-23-18-26(19-24-40)38-32(42)29-14-10-22-39(2)33(29)43/h4-8,10-15,22,26,28H,3,9,16-21,23-24H2,1-2H3,(H,37,45)(H,38,42)/t28-,36+/m0/s1. The Labute approximate surface area is 269 Å². The summed E-state index contributed by atoms with van der Waals surface area (Å²) in [4.78, 5) is 67.0. The van der Waals surface area contributed by atoms with Gasteiger partial charge in [0.25, 0.3) is 11.5 Å². The minimum absolute atomic E-state index is 0.0191. The van der Waals surface area contributed by atoms with Crippen LogP contribution in [0.1, 0.15) is 78.4 Å². The summed E-state index contributed by atoms with van der Waals surface area (Å²) in [5.41, 5.74) is 1.30. The summed E-state index contributed by atoms with van der Waals surface area (Å²) in [6.07, 6.45) is 4.42. The van der Waals surface area contributed by atoms with Crippen molar-refractivity contribution in [3.05, 3.63) is 106 Å². The fraction of sp³-hybridized carbons (Fsp3) is 0.417. The molecule has 1 aliphatic heterocycles. The normalized spacial score (nSPS) is 19.5. The first-order valence-electron chi connectivity index (χ1n) is 16.1. The summed E-state index contributed by atoms with van der Waals surface area (Å²) >= 11 is 0. The smallest absolute Gasteiger partial charge is 0.305 e. The van der Waals surface area contributed by atoms with Crippen molar-refractivity contribution < 1.29 is 23.9 Å². The van der Waals surface area contributed by atoms with Crippen LogP contribution >= 0.6 is 0 Å². The van der Waals surface area contributed by atoms with Gasteiger partial charge in [0.1, 0.15) is 5.56 Å². The zero-order chi connectivity index (χ0) is 32.7. The number of rotatable bonds is 10. The van der Waals surface area contributed by atoms with Gasteiger partial charge in [-0.1, -0.05) is 54.6 Å². The molecule has 2 heterocycles. The SMILES string of the molecule is CCOC(=O)CCCNC(=O)[C@@]1(c2ccccc2)CC[C@H](C(=O)N2CCC(NC(=O)c3cccn(C)c3=O)CC2)c2ccccc21. The first-order valence-corrected chi connectivity index (χ1v) is 16.1. The molecule has 242 valence electrons. The number of nitrogens with one attached hydrogen (secondary N) is 2. The highest BCUT2D eigenvalue weighted by atomic mass is 16.5. The maximum atomic E-state index is 14.1. The number of aromatic nitrogens is 1. The Morgan fingerprint density at radius 1 is 0.935 bits per heavy atom. The number of fused-ring (bicyclic) bond motifs is 1. The number of aryl methyl sites for hydroxylation is 1. The van der Waals surface area contributed by atoms with Gasteiger partial charge in [0, 0.05) is 45.3 Å². The lowest BCUT2D eigenvalue weighted by atomic mass is 9.62. The van der Waals surface area contributed by atoms with E-state index in [1.165, 1.54) is 10.6 Å².